The van der Waals surface area contributed by atoms with Gasteiger partial charge in [-0.25, -0.2) is 0 Å². The van der Waals surface area contributed by atoms with Gasteiger partial charge in [-0.2, -0.15) is 0 Å². The first kappa shape index (κ1) is 13.2. The molecule has 0 aliphatic rings. The van der Waals surface area contributed by atoms with Gasteiger partial charge < -0.3 is 14.9 Å². The van der Waals surface area contributed by atoms with Crippen molar-refractivity contribution in [3.8, 4) is 23.0 Å². The average molecular weight is 326 g/mol. The molecule has 2 aromatic rings. The van der Waals surface area contributed by atoms with Gasteiger partial charge in [-0.15, -0.1) is 0 Å². The molecular formula is C12H8BrNO5. The maximum absolute atomic E-state index is 10.8. The van der Waals surface area contributed by atoms with Crippen LogP contribution in [-0.2, 0) is 0 Å². The highest BCUT2D eigenvalue weighted by molar-refractivity contribution is 9.10. The standard InChI is InChI=1S/C12H8BrNO5/c13-12-9(16)5-7(15)6-11(12)19-10-4-2-1-3-8(10)14(17)18/h1-6,15-16H. The fraction of sp³-hybridized carbons (Fsp3) is 0. The largest absolute Gasteiger partial charge is 0.508 e. The number of hydrogen-bond acceptors (Lipinski definition) is 5. The molecule has 7 heteroatoms. The van der Waals surface area contributed by atoms with Crippen LogP contribution in [0.15, 0.2) is 40.9 Å². The van der Waals surface area contributed by atoms with E-state index in [4.69, 9.17) is 4.74 Å². The third-order valence-electron chi connectivity index (χ3n) is 2.29. The van der Waals surface area contributed by atoms with Crippen LogP contribution >= 0.6 is 15.9 Å². The Morgan fingerprint density at radius 2 is 1.84 bits per heavy atom. The van der Waals surface area contributed by atoms with Crippen LogP contribution in [0.3, 0.4) is 0 Å². The van der Waals surface area contributed by atoms with Gasteiger partial charge in [0.25, 0.3) is 0 Å². The first-order valence-corrected chi connectivity index (χ1v) is 5.91. The highest BCUT2D eigenvalue weighted by Crippen LogP contribution is 2.41. The second-order valence-electron chi connectivity index (χ2n) is 3.60. The molecule has 0 heterocycles. The zero-order chi connectivity index (χ0) is 14.0. The molecule has 19 heavy (non-hydrogen) atoms. The first-order valence-electron chi connectivity index (χ1n) is 5.12. The Bertz CT molecular complexity index is 644. The van der Waals surface area contributed by atoms with Gasteiger partial charge in [0.15, 0.2) is 0 Å². The number of halogens is 1. The van der Waals surface area contributed by atoms with Gasteiger partial charge in [0, 0.05) is 18.2 Å². The van der Waals surface area contributed by atoms with Gasteiger partial charge >= 0.3 is 5.69 Å². The van der Waals surface area contributed by atoms with Crippen LogP contribution in [0.25, 0.3) is 0 Å². The fourth-order valence-electron chi connectivity index (χ4n) is 1.46. The SMILES string of the molecule is O=[N+]([O-])c1ccccc1Oc1cc(O)cc(O)c1Br. The Hall–Kier alpha value is -2.28. The lowest BCUT2D eigenvalue weighted by Gasteiger charge is -2.09. The summed E-state index contributed by atoms with van der Waals surface area (Å²) < 4.78 is 5.55. The summed E-state index contributed by atoms with van der Waals surface area (Å²) in [5.41, 5.74) is -0.211. The summed E-state index contributed by atoms with van der Waals surface area (Å²) in [4.78, 5) is 10.3. The molecule has 0 saturated carbocycles. The predicted octanol–water partition coefficient (Wildman–Crippen LogP) is 3.56. The maximum Gasteiger partial charge on any atom is 0.311 e. The number of benzene rings is 2. The topological polar surface area (TPSA) is 92.8 Å². The smallest absolute Gasteiger partial charge is 0.311 e. The Labute approximate surface area is 116 Å². The molecule has 0 atom stereocenters. The second kappa shape index (κ2) is 5.15. The van der Waals surface area contributed by atoms with Crippen LogP contribution in [0.5, 0.6) is 23.0 Å². The lowest BCUT2D eigenvalue weighted by molar-refractivity contribution is -0.385. The van der Waals surface area contributed by atoms with Crippen LogP contribution in [0.4, 0.5) is 5.69 Å². The van der Waals surface area contributed by atoms with Crippen molar-refractivity contribution in [1.29, 1.82) is 0 Å². The molecule has 0 unspecified atom stereocenters. The van der Waals surface area contributed by atoms with Crippen molar-refractivity contribution in [3.63, 3.8) is 0 Å². The third-order valence-corrected chi connectivity index (χ3v) is 3.08. The molecule has 6 nitrogen and oxygen atoms in total. The second-order valence-corrected chi connectivity index (χ2v) is 4.40. The average Bonchev–Trinajstić information content (AvgIpc) is 2.35. The van der Waals surface area contributed by atoms with E-state index in [1.807, 2.05) is 0 Å². The maximum atomic E-state index is 10.8. The van der Waals surface area contributed by atoms with Crippen molar-refractivity contribution in [2.24, 2.45) is 0 Å². The number of nitro benzene ring substituents is 1. The number of nitro groups is 1. The minimum Gasteiger partial charge on any atom is -0.508 e. The molecule has 0 saturated heterocycles. The molecule has 0 spiro atoms. The quantitative estimate of drug-likeness (QED) is 0.664. The van der Waals surface area contributed by atoms with E-state index in [1.165, 1.54) is 24.3 Å². The highest BCUT2D eigenvalue weighted by atomic mass is 79.9. The van der Waals surface area contributed by atoms with Crippen molar-refractivity contribution >= 4 is 21.6 Å². The van der Waals surface area contributed by atoms with Gasteiger partial charge in [0.2, 0.25) is 5.75 Å². The summed E-state index contributed by atoms with van der Waals surface area (Å²) in [5.74, 6) is -0.354. The van der Waals surface area contributed by atoms with E-state index in [0.717, 1.165) is 6.07 Å². The first-order chi connectivity index (χ1) is 8.99. The molecule has 2 aromatic carbocycles. The van der Waals surface area contributed by atoms with Crippen LogP contribution < -0.4 is 4.74 Å². The van der Waals surface area contributed by atoms with Crippen LogP contribution in [0.2, 0.25) is 0 Å². The van der Waals surface area contributed by atoms with Gasteiger partial charge in [-0.05, 0) is 22.0 Å². The van der Waals surface area contributed by atoms with Crippen LogP contribution in [0.1, 0.15) is 0 Å². The summed E-state index contributed by atoms with van der Waals surface area (Å²) in [6.45, 7) is 0. The molecule has 0 amide bonds. The van der Waals surface area contributed by atoms with E-state index < -0.39 is 4.92 Å². The van der Waals surface area contributed by atoms with E-state index in [9.17, 15) is 20.3 Å². The summed E-state index contributed by atoms with van der Waals surface area (Å²) in [7, 11) is 0. The summed E-state index contributed by atoms with van der Waals surface area (Å²) in [5, 5.41) is 29.7. The molecule has 2 N–H and O–H groups in total. The monoisotopic (exact) mass is 325 g/mol. The number of ether oxygens (including phenoxy) is 1. The normalized spacial score (nSPS) is 10.2. The lowest BCUT2D eigenvalue weighted by Crippen LogP contribution is -1.93. The lowest BCUT2D eigenvalue weighted by atomic mass is 10.3. The van der Waals surface area contributed by atoms with Crippen molar-refractivity contribution < 1.29 is 19.9 Å². The predicted molar refractivity (Wildman–Crippen MR) is 70.6 cm³/mol. The minimum absolute atomic E-state index is 0.0122. The molecule has 0 aliphatic carbocycles. The molecule has 98 valence electrons. The van der Waals surface area contributed by atoms with E-state index >= 15 is 0 Å². The van der Waals surface area contributed by atoms with Crippen molar-refractivity contribution in [2.45, 2.75) is 0 Å². The number of rotatable bonds is 3. The number of phenols is 2. The number of aromatic hydroxyl groups is 2. The number of phenolic OH excluding ortho intramolecular Hbond substituents is 2. The Kier molecular flexibility index (Phi) is 3.57. The summed E-state index contributed by atoms with van der Waals surface area (Å²) in [6.07, 6.45) is 0. The minimum atomic E-state index is -0.577. The highest BCUT2D eigenvalue weighted by Gasteiger charge is 2.17. The van der Waals surface area contributed by atoms with Gasteiger partial charge in [0.1, 0.15) is 21.7 Å². The van der Waals surface area contributed by atoms with Gasteiger partial charge in [0.05, 0.1) is 4.92 Å². The zero-order valence-corrected chi connectivity index (χ0v) is 11.0. The zero-order valence-electron chi connectivity index (χ0n) is 9.41. The molecule has 0 radical (unpaired) electrons. The molecule has 0 aliphatic heterocycles. The van der Waals surface area contributed by atoms with Crippen LogP contribution in [-0.4, -0.2) is 15.1 Å². The Morgan fingerprint density at radius 1 is 1.16 bits per heavy atom. The van der Waals surface area contributed by atoms with Crippen LogP contribution in [0, 0.1) is 10.1 Å². The summed E-state index contributed by atoms with van der Waals surface area (Å²) >= 11 is 3.08. The van der Waals surface area contributed by atoms with E-state index in [0.29, 0.717) is 0 Å². The fourth-order valence-corrected chi connectivity index (χ4v) is 1.77. The number of para-hydroxylation sites is 2. The van der Waals surface area contributed by atoms with Crippen molar-refractivity contribution in [1.82, 2.24) is 0 Å². The van der Waals surface area contributed by atoms with E-state index in [1.54, 1.807) is 6.07 Å². The molecule has 0 fully saturated rings. The Morgan fingerprint density at radius 3 is 2.53 bits per heavy atom. The van der Waals surface area contributed by atoms with Gasteiger partial charge in [-0.3, -0.25) is 10.1 Å². The molecule has 0 aromatic heterocycles. The third kappa shape index (κ3) is 2.76. The van der Waals surface area contributed by atoms with E-state index in [2.05, 4.69) is 15.9 Å². The van der Waals surface area contributed by atoms with Crippen molar-refractivity contribution in [2.75, 3.05) is 0 Å². The van der Waals surface area contributed by atoms with Crippen molar-refractivity contribution in [3.05, 3.63) is 51.0 Å². The number of hydrogen-bond donors (Lipinski definition) is 2. The summed E-state index contributed by atoms with van der Waals surface area (Å²) in [6, 6.07) is 8.17. The molecule has 2 rings (SSSR count). The molecular weight excluding hydrogens is 318 g/mol. The molecule has 0 bridgehead atoms. The van der Waals surface area contributed by atoms with Gasteiger partial charge in [-0.1, -0.05) is 12.1 Å². The Balaban J connectivity index is 2.45. The number of nitrogens with zero attached hydrogens (tertiary/aromatic N) is 1. The van der Waals surface area contributed by atoms with E-state index in [-0.39, 0.29) is 33.2 Å².